The highest BCUT2D eigenvalue weighted by Crippen LogP contribution is 2.35. The average molecular weight is 451 g/mol. The highest BCUT2D eigenvalue weighted by molar-refractivity contribution is 6.31. The monoisotopic (exact) mass is 450 g/mol. The second-order valence-electron chi connectivity index (χ2n) is 7.38. The summed E-state index contributed by atoms with van der Waals surface area (Å²) in [5.41, 5.74) is -1.10. The molecule has 1 unspecified atom stereocenters. The van der Waals surface area contributed by atoms with Crippen molar-refractivity contribution >= 4 is 17.5 Å². The van der Waals surface area contributed by atoms with Gasteiger partial charge in [-0.1, -0.05) is 11.6 Å². The van der Waals surface area contributed by atoms with Gasteiger partial charge in [0.2, 0.25) is 0 Å². The number of aromatic nitrogens is 5. The Morgan fingerprint density at radius 2 is 1.94 bits per heavy atom. The Kier molecular flexibility index (Phi) is 5.65. The highest BCUT2D eigenvalue weighted by atomic mass is 35.5. The molecule has 11 heteroatoms. The number of nitrogens with zero attached hydrogens (tertiary/aromatic N) is 6. The Labute approximate surface area is 180 Å². The van der Waals surface area contributed by atoms with Gasteiger partial charge >= 0.3 is 6.18 Å². The van der Waals surface area contributed by atoms with Crippen LogP contribution in [0.1, 0.15) is 47.6 Å². The minimum atomic E-state index is -4.61. The minimum Gasteiger partial charge on any atom is -0.328 e. The van der Waals surface area contributed by atoms with Crippen LogP contribution in [0.5, 0.6) is 0 Å². The number of rotatable bonds is 6. The maximum absolute atomic E-state index is 13.3. The molecule has 1 aliphatic carbocycles. The molecule has 0 bridgehead atoms. The Balaban J connectivity index is 1.70. The van der Waals surface area contributed by atoms with Crippen molar-refractivity contribution in [2.45, 2.75) is 32.0 Å². The molecule has 0 aliphatic heterocycles. The van der Waals surface area contributed by atoms with E-state index in [0.717, 1.165) is 25.0 Å². The summed E-state index contributed by atoms with van der Waals surface area (Å²) in [5.74, 6) is 0.411. The van der Waals surface area contributed by atoms with E-state index in [1.54, 1.807) is 25.4 Å². The van der Waals surface area contributed by atoms with E-state index >= 15 is 0 Å². The molecule has 7 nitrogen and oxygen atoms in total. The third-order valence-corrected chi connectivity index (χ3v) is 5.26. The van der Waals surface area contributed by atoms with Crippen LogP contribution in [0.15, 0.2) is 43.0 Å². The molecular weight excluding hydrogens is 433 g/mol. The molecule has 2 aromatic heterocycles. The van der Waals surface area contributed by atoms with Crippen molar-refractivity contribution < 1.29 is 18.0 Å². The Hall–Kier alpha value is -3.01. The molecule has 1 fully saturated rings. The van der Waals surface area contributed by atoms with E-state index in [2.05, 4.69) is 20.1 Å². The van der Waals surface area contributed by atoms with Crippen molar-refractivity contribution in [3.05, 3.63) is 65.0 Å². The molecular formula is C20H18ClF3N6O. The molecule has 1 aliphatic rings. The van der Waals surface area contributed by atoms with Gasteiger partial charge in [-0.05, 0) is 49.9 Å². The zero-order valence-corrected chi connectivity index (χ0v) is 17.2. The van der Waals surface area contributed by atoms with Crippen LogP contribution in [0.2, 0.25) is 5.02 Å². The van der Waals surface area contributed by atoms with Crippen LogP contribution in [0.25, 0.3) is 5.95 Å². The van der Waals surface area contributed by atoms with Gasteiger partial charge in [-0.15, -0.1) is 0 Å². The summed E-state index contributed by atoms with van der Waals surface area (Å²) in [7, 11) is 0. The summed E-state index contributed by atoms with van der Waals surface area (Å²) in [6.45, 7) is 2.13. The van der Waals surface area contributed by atoms with Crippen molar-refractivity contribution in [3.8, 4) is 5.95 Å². The van der Waals surface area contributed by atoms with E-state index in [0.29, 0.717) is 12.4 Å². The van der Waals surface area contributed by atoms with Crippen LogP contribution in [0.4, 0.5) is 13.2 Å². The normalized spacial score (nSPS) is 15.0. The second-order valence-corrected chi connectivity index (χ2v) is 7.82. The summed E-state index contributed by atoms with van der Waals surface area (Å²) in [5, 5.41) is 4.00. The Morgan fingerprint density at radius 1 is 1.23 bits per heavy atom. The Morgan fingerprint density at radius 3 is 2.58 bits per heavy atom. The largest absolute Gasteiger partial charge is 0.416 e. The lowest BCUT2D eigenvalue weighted by Crippen LogP contribution is -2.37. The van der Waals surface area contributed by atoms with E-state index in [4.69, 9.17) is 11.6 Å². The third-order valence-electron chi connectivity index (χ3n) is 5.04. The summed E-state index contributed by atoms with van der Waals surface area (Å²) >= 11 is 5.89. The highest BCUT2D eigenvalue weighted by Gasteiger charge is 2.35. The molecule has 0 saturated heterocycles. The first-order valence-electron chi connectivity index (χ1n) is 9.60. The number of carbonyl (C=O) groups excluding carboxylic acids is 1. The van der Waals surface area contributed by atoms with Gasteiger partial charge in [0, 0.05) is 29.5 Å². The van der Waals surface area contributed by atoms with E-state index in [9.17, 15) is 18.0 Å². The van der Waals surface area contributed by atoms with E-state index in [1.807, 2.05) is 0 Å². The van der Waals surface area contributed by atoms with Gasteiger partial charge in [-0.2, -0.15) is 23.0 Å². The molecule has 1 atom stereocenters. The molecule has 162 valence electrons. The first-order valence-corrected chi connectivity index (χ1v) is 9.98. The lowest BCUT2D eigenvalue weighted by molar-refractivity contribution is -0.137. The van der Waals surface area contributed by atoms with Crippen molar-refractivity contribution in [1.82, 2.24) is 29.6 Å². The van der Waals surface area contributed by atoms with Crippen molar-refractivity contribution in [2.75, 3.05) is 6.54 Å². The standard InChI is InChI=1S/C20H18ClF3N6O/c1-12(17-27-11-28-30(17)19-25-5-2-6-26-19)29(10-13-3-4-13)18(31)14-7-15(20(22,23)24)9-16(21)8-14/h2,5-9,11-13H,3-4,10H2,1H3. The molecule has 1 saturated carbocycles. The predicted molar refractivity (Wildman–Crippen MR) is 106 cm³/mol. The lowest BCUT2D eigenvalue weighted by atomic mass is 10.1. The average Bonchev–Trinajstić information content (AvgIpc) is 3.43. The summed E-state index contributed by atoms with van der Waals surface area (Å²) in [4.78, 5) is 27.4. The molecule has 1 amide bonds. The summed E-state index contributed by atoms with van der Waals surface area (Å²) in [6, 6.07) is 3.94. The minimum absolute atomic E-state index is 0.130. The number of hydrogen-bond acceptors (Lipinski definition) is 5. The number of alkyl halides is 3. The van der Waals surface area contributed by atoms with Crippen LogP contribution in [0.3, 0.4) is 0 Å². The van der Waals surface area contributed by atoms with Crippen LogP contribution in [-0.2, 0) is 6.18 Å². The molecule has 0 N–H and O–H groups in total. The van der Waals surface area contributed by atoms with Crippen LogP contribution in [0, 0.1) is 5.92 Å². The number of amides is 1. The van der Waals surface area contributed by atoms with Crippen LogP contribution in [-0.4, -0.2) is 42.1 Å². The van der Waals surface area contributed by atoms with Crippen molar-refractivity contribution in [3.63, 3.8) is 0 Å². The number of carbonyl (C=O) groups is 1. The van der Waals surface area contributed by atoms with E-state index in [-0.39, 0.29) is 22.5 Å². The van der Waals surface area contributed by atoms with E-state index < -0.39 is 23.7 Å². The zero-order chi connectivity index (χ0) is 22.2. The van der Waals surface area contributed by atoms with Gasteiger partial charge in [-0.25, -0.2) is 15.0 Å². The third kappa shape index (κ3) is 4.68. The molecule has 2 heterocycles. The topological polar surface area (TPSA) is 76.8 Å². The predicted octanol–water partition coefficient (Wildman–Crippen LogP) is 4.34. The number of benzene rings is 1. The molecule has 31 heavy (non-hydrogen) atoms. The zero-order valence-electron chi connectivity index (χ0n) is 16.4. The SMILES string of the molecule is CC(c1ncnn1-c1ncccn1)N(CC1CC1)C(=O)c1cc(Cl)cc(C(F)(F)F)c1. The fourth-order valence-corrected chi connectivity index (χ4v) is 3.50. The molecule has 3 aromatic rings. The number of hydrogen-bond donors (Lipinski definition) is 0. The van der Waals surface area contributed by atoms with Gasteiger partial charge in [0.05, 0.1) is 11.6 Å². The van der Waals surface area contributed by atoms with Crippen molar-refractivity contribution in [2.24, 2.45) is 5.92 Å². The molecule has 0 spiro atoms. The molecule has 4 rings (SSSR count). The second kappa shape index (κ2) is 8.26. The van der Waals surface area contributed by atoms with E-state index in [1.165, 1.54) is 22.0 Å². The van der Waals surface area contributed by atoms with Gasteiger partial charge in [-0.3, -0.25) is 4.79 Å². The van der Waals surface area contributed by atoms with Gasteiger partial charge < -0.3 is 4.90 Å². The molecule has 0 radical (unpaired) electrons. The maximum atomic E-state index is 13.3. The van der Waals surface area contributed by atoms with Gasteiger partial charge in [0.15, 0.2) is 5.82 Å². The summed E-state index contributed by atoms with van der Waals surface area (Å²) in [6.07, 6.45) is 1.72. The number of halogens is 4. The maximum Gasteiger partial charge on any atom is 0.416 e. The fraction of sp³-hybridized carbons (Fsp3) is 0.350. The fourth-order valence-electron chi connectivity index (χ4n) is 3.27. The first kappa shape index (κ1) is 21.2. The first-order chi connectivity index (χ1) is 14.7. The quantitative estimate of drug-likeness (QED) is 0.558. The van der Waals surface area contributed by atoms with Gasteiger partial charge in [0.25, 0.3) is 11.9 Å². The lowest BCUT2D eigenvalue weighted by Gasteiger charge is -2.29. The van der Waals surface area contributed by atoms with Crippen LogP contribution >= 0.6 is 11.6 Å². The Bertz CT molecular complexity index is 1080. The summed E-state index contributed by atoms with van der Waals surface area (Å²) < 4.78 is 41.1. The van der Waals surface area contributed by atoms with Crippen molar-refractivity contribution in [1.29, 1.82) is 0 Å². The van der Waals surface area contributed by atoms with Crippen LogP contribution < -0.4 is 0 Å². The smallest absolute Gasteiger partial charge is 0.328 e. The molecule has 1 aromatic carbocycles. The van der Waals surface area contributed by atoms with Gasteiger partial charge in [0.1, 0.15) is 6.33 Å².